The topological polar surface area (TPSA) is 140 Å². The molecule has 3 aromatic carbocycles. The van der Waals surface area contributed by atoms with Crippen LogP contribution in [-0.2, 0) is 11.3 Å². The third kappa shape index (κ3) is 6.96. The first kappa shape index (κ1) is 31.3. The van der Waals surface area contributed by atoms with Crippen LogP contribution in [0.15, 0.2) is 79.0 Å². The van der Waals surface area contributed by atoms with Crippen LogP contribution in [0, 0.1) is 0 Å². The van der Waals surface area contributed by atoms with Gasteiger partial charge in [-0.15, -0.1) is 0 Å². The molecule has 3 N–H and O–H groups in total. The number of aromatic amines is 1. The average molecular weight is 641 g/mol. The number of nitrogens with zero attached hydrogens (tertiary/aromatic N) is 1. The summed E-state index contributed by atoms with van der Waals surface area (Å²) in [6, 6.07) is 20.7. The Kier molecular flexibility index (Phi) is 9.18. The van der Waals surface area contributed by atoms with Gasteiger partial charge in [-0.25, -0.2) is 0 Å². The predicted molar refractivity (Wildman–Crippen MR) is 171 cm³/mol. The third-order valence-corrected chi connectivity index (χ3v) is 8.25. The first-order valence-electron chi connectivity index (χ1n) is 15.3. The normalized spacial score (nSPS) is 16.4. The van der Waals surface area contributed by atoms with Gasteiger partial charge in [-0.05, 0) is 66.7 Å². The van der Waals surface area contributed by atoms with Crippen LogP contribution in [0.2, 0.25) is 0 Å². The van der Waals surface area contributed by atoms with Crippen molar-refractivity contribution in [2.45, 2.75) is 25.0 Å². The number of H-pyrrole nitrogens is 1. The smallest absolute Gasteiger partial charge is 0.270 e. The van der Waals surface area contributed by atoms with Gasteiger partial charge in [-0.3, -0.25) is 14.4 Å². The van der Waals surface area contributed by atoms with Crippen molar-refractivity contribution >= 4 is 17.7 Å². The van der Waals surface area contributed by atoms with Gasteiger partial charge in [-0.1, -0.05) is 0 Å². The number of amides is 3. The maximum atomic E-state index is 14.0. The maximum Gasteiger partial charge on any atom is 0.270 e. The van der Waals surface area contributed by atoms with Gasteiger partial charge in [0.05, 0.1) is 20.8 Å². The number of nitrogens with one attached hydrogen (secondary N) is 3. The summed E-state index contributed by atoms with van der Waals surface area (Å²) in [6.07, 6.45) is 2.28. The predicted octanol–water partition coefficient (Wildman–Crippen LogP) is 4.32. The van der Waals surface area contributed by atoms with Crippen LogP contribution in [0.3, 0.4) is 0 Å². The summed E-state index contributed by atoms with van der Waals surface area (Å²) < 4.78 is 29.5. The maximum absolute atomic E-state index is 14.0. The number of ether oxygens (including phenoxy) is 5. The van der Waals surface area contributed by atoms with E-state index >= 15 is 0 Å². The Hall–Kier alpha value is -5.65. The Morgan fingerprint density at radius 3 is 2.32 bits per heavy atom. The SMILES string of the molecule is COc1cc2ccc1CNC(=O)C1(CCN(C(=O)c3ccc[nH]3)CC1)Oc1ccc(cc1)OCCNC(=O)c1ccc(OC)c(c1)O2. The van der Waals surface area contributed by atoms with E-state index in [0.29, 0.717) is 64.4 Å². The molecule has 12 nitrogen and oxygen atoms in total. The molecule has 9 rings (SSSR count). The molecule has 0 unspecified atom stereocenters. The van der Waals surface area contributed by atoms with Crippen LogP contribution in [0.4, 0.5) is 0 Å². The molecule has 12 heteroatoms. The average Bonchev–Trinajstić information content (AvgIpc) is 3.65. The van der Waals surface area contributed by atoms with E-state index in [0.717, 1.165) is 0 Å². The molecule has 1 fully saturated rings. The number of hydrogen-bond acceptors (Lipinski definition) is 8. The molecule has 1 saturated heterocycles. The lowest BCUT2D eigenvalue weighted by Crippen LogP contribution is -2.58. The van der Waals surface area contributed by atoms with Crippen molar-refractivity contribution in [1.29, 1.82) is 0 Å². The van der Waals surface area contributed by atoms with Crippen LogP contribution in [0.5, 0.6) is 34.5 Å². The van der Waals surface area contributed by atoms with Crippen molar-refractivity contribution in [3.05, 3.63) is 95.8 Å². The fraction of sp³-hybridized carbons (Fsp3) is 0.286. The lowest BCUT2D eigenvalue weighted by atomic mass is 9.89. The van der Waals surface area contributed by atoms with Crippen LogP contribution >= 0.6 is 0 Å². The molecule has 0 aliphatic carbocycles. The van der Waals surface area contributed by atoms with Crippen molar-refractivity contribution in [3.8, 4) is 34.5 Å². The minimum absolute atomic E-state index is 0.127. The molecule has 0 saturated carbocycles. The van der Waals surface area contributed by atoms with Gasteiger partial charge < -0.3 is 44.2 Å². The standard InChI is InChI=1S/C35H36N4O8/c1-43-29-12-6-23-20-31(29)46-27-7-5-24(30(21-27)44-2)22-38-34(42)35(13-17-39(18-14-35)33(41)28-4-3-15-36-28)47-26-10-8-25(9-11-26)45-19-16-37-32(23)40/h3-12,15,20-21,36H,13-14,16-19,22H2,1-2H3,(H,37,40)(H,38,42). The Morgan fingerprint density at radius 1 is 0.851 bits per heavy atom. The zero-order chi connectivity index (χ0) is 32.8. The van der Waals surface area contributed by atoms with Crippen LogP contribution < -0.4 is 34.3 Å². The second kappa shape index (κ2) is 13.8. The molecule has 5 aliphatic heterocycles. The molecule has 4 aromatic rings. The number of hydrogen-bond donors (Lipinski definition) is 3. The highest BCUT2D eigenvalue weighted by atomic mass is 16.5. The van der Waals surface area contributed by atoms with E-state index in [9.17, 15) is 14.4 Å². The van der Waals surface area contributed by atoms with Gasteiger partial charge in [-0.2, -0.15) is 0 Å². The van der Waals surface area contributed by atoms with Gasteiger partial charge in [0, 0.05) is 55.9 Å². The number of carbonyl (C=O) groups excluding carboxylic acids is 3. The first-order chi connectivity index (χ1) is 22.9. The molecule has 244 valence electrons. The van der Waals surface area contributed by atoms with E-state index < -0.39 is 5.60 Å². The monoisotopic (exact) mass is 640 g/mol. The fourth-order valence-corrected chi connectivity index (χ4v) is 5.64. The summed E-state index contributed by atoms with van der Waals surface area (Å²) in [6.45, 7) is 1.31. The number of methoxy groups -OCH3 is 2. The second-order valence-corrected chi connectivity index (χ2v) is 11.2. The van der Waals surface area contributed by atoms with E-state index in [-0.39, 0.29) is 50.3 Å². The van der Waals surface area contributed by atoms with Crippen molar-refractivity contribution < 1.29 is 38.1 Å². The fourth-order valence-electron chi connectivity index (χ4n) is 5.64. The van der Waals surface area contributed by atoms with Crippen molar-refractivity contribution in [2.75, 3.05) is 40.5 Å². The Labute approximate surface area is 271 Å². The van der Waals surface area contributed by atoms with Gasteiger partial charge >= 0.3 is 0 Å². The molecular weight excluding hydrogens is 604 g/mol. The minimum atomic E-state index is -1.23. The van der Waals surface area contributed by atoms with Gasteiger partial charge in [0.1, 0.15) is 35.3 Å². The highest BCUT2D eigenvalue weighted by Crippen LogP contribution is 2.36. The summed E-state index contributed by atoms with van der Waals surface area (Å²) in [5.74, 6) is 2.09. The summed E-state index contributed by atoms with van der Waals surface area (Å²) in [5.41, 5.74) is 0.374. The molecule has 6 heterocycles. The van der Waals surface area contributed by atoms with Gasteiger partial charge in [0.15, 0.2) is 17.1 Å². The molecule has 47 heavy (non-hydrogen) atoms. The second-order valence-electron chi connectivity index (χ2n) is 11.2. The Morgan fingerprint density at radius 2 is 1.60 bits per heavy atom. The quantitative estimate of drug-likeness (QED) is 0.301. The van der Waals surface area contributed by atoms with Gasteiger partial charge in [0.25, 0.3) is 17.7 Å². The highest BCUT2D eigenvalue weighted by molar-refractivity contribution is 5.95. The van der Waals surface area contributed by atoms with Crippen molar-refractivity contribution in [3.63, 3.8) is 0 Å². The number of likely N-dealkylation sites (tertiary alicyclic amines) is 1. The summed E-state index contributed by atoms with van der Waals surface area (Å²) >= 11 is 0. The zero-order valence-corrected chi connectivity index (χ0v) is 26.2. The molecular formula is C35H36N4O8. The molecule has 0 atom stereocenters. The first-order valence-corrected chi connectivity index (χ1v) is 15.3. The number of rotatable bonds is 3. The number of aromatic nitrogens is 1. The molecule has 1 spiro atoms. The molecule has 0 radical (unpaired) electrons. The largest absolute Gasteiger partial charge is 0.496 e. The van der Waals surface area contributed by atoms with E-state index in [4.69, 9.17) is 23.7 Å². The van der Waals surface area contributed by atoms with Crippen molar-refractivity contribution in [2.24, 2.45) is 0 Å². The van der Waals surface area contributed by atoms with Gasteiger partial charge in [0.2, 0.25) is 0 Å². The number of carbonyl (C=O) groups is 3. The molecule has 3 amide bonds. The Balaban J connectivity index is 1.28. The zero-order valence-electron chi connectivity index (χ0n) is 26.2. The van der Waals surface area contributed by atoms with Crippen LogP contribution in [0.1, 0.15) is 39.3 Å². The van der Waals surface area contributed by atoms with E-state index in [1.54, 1.807) is 83.9 Å². The highest BCUT2D eigenvalue weighted by Gasteiger charge is 2.45. The summed E-state index contributed by atoms with van der Waals surface area (Å²) in [5, 5.41) is 5.89. The van der Waals surface area contributed by atoms with Crippen molar-refractivity contribution in [1.82, 2.24) is 20.5 Å². The van der Waals surface area contributed by atoms with Crippen LogP contribution in [0.25, 0.3) is 0 Å². The number of benzene rings is 3. The van der Waals surface area contributed by atoms with Crippen LogP contribution in [-0.4, -0.2) is 73.7 Å². The lowest BCUT2D eigenvalue weighted by Gasteiger charge is -2.40. The number of piperidine rings is 1. The Bertz CT molecular complexity index is 1730. The molecule has 5 aliphatic rings. The third-order valence-electron chi connectivity index (χ3n) is 8.25. The van der Waals surface area contributed by atoms with E-state index in [1.165, 1.54) is 14.2 Å². The minimum Gasteiger partial charge on any atom is -0.496 e. The molecule has 6 bridgehead atoms. The summed E-state index contributed by atoms with van der Waals surface area (Å²) in [7, 11) is 3.06. The lowest BCUT2D eigenvalue weighted by molar-refractivity contribution is -0.141. The van der Waals surface area contributed by atoms with E-state index in [1.807, 2.05) is 0 Å². The van der Waals surface area contributed by atoms with E-state index in [2.05, 4.69) is 15.6 Å². The summed E-state index contributed by atoms with van der Waals surface area (Å²) in [4.78, 5) is 44.6. The molecule has 1 aromatic heterocycles.